The zero-order valence-electron chi connectivity index (χ0n) is 15.9. The first-order valence-corrected chi connectivity index (χ1v) is 10.2. The van der Waals surface area contributed by atoms with Crippen LogP contribution in [0.5, 0.6) is 0 Å². The topological polar surface area (TPSA) is 65.7 Å². The lowest BCUT2D eigenvalue weighted by Gasteiger charge is -2.26. The number of nitrogens with one attached hydrogen (secondary N) is 2. The van der Waals surface area contributed by atoms with Gasteiger partial charge in [0.25, 0.3) is 0 Å². The molecule has 1 unspecified atom stereocenters. The number of furan rings is 1. The molecule has 0 radical (unpaired) electrons. The van der Waals surface area contributed by atoms with Crippen molar-refractivity contribution in [3.63, 3.8) is 0 Å². The molecular formula is C19H29N5OS. The predicted molar refractivity (Wildman–Crippen MR) is 107 cm³/mol. The summed E-state index contributed by atoms with van der Waals surface area (Å²) in [6, 6.07) is 4.38. The van der Waals surface area contributed by atoms with E-state index in [9.17, 15) is 0 Å². The van der Waals surface area contributed by atoms with Crippen molar-refractivity contribution in [1.82, 2.24) is 20.5 Å². The Hall–Kier alpha value is -1.86. The van der Waals surface area contributed by atoms with Gasteiger partial charge >= 0.3 is 0 Å². The van der Waals surface area contributed by atoms with Crippen LogP contribution in [0, 0.1) is 13.8 Å². The molecule has 3 rings (SSSR count). The maximum atomic E-state index is 5.92. The Morgan fingerprint density at radius 3 is 2.73 bits per heavy atom. The van der Waals surface area contributed by atoms with Crippen LogP contribution in [0.15, 0.2) is 26.9 Å². The zero-order valence-corrected chi connectivity index (χ0v) is 16.7. The highest BCUT2D eigenvalue weighted by Gasteiger charge is 2.26. The molecule has 1 saturated heterocycles. The lowest BCUT2D eigenvalue weighted by Crippen LogP contribution is -2.43. The molecule has 2 aromatic heterocycles. The maximum absolute atomic E-state index is 5.92. The second kappa shape index (κ2) is 9.19. The number of likely N-dealkylation sites (tertiary alicyclic amines) is 1. The predicted octanol–water partition coefficient (Wildman–Crippen LogP) is 2.90. The van der Waals surface area contributed by atoms with E-state index in [1.54, 1.807) is 11.3 Å². The van der Waals surface area contributed by atoms with Gasteiger partial charge in [0, 0.05) is 31.9 Å². The molecule has 1 aliphatic rings. The van der Waals surface area contributed by atoms with Gasteiger partial charge in [0.15, 0.2) is 5.96 Å². The number of nitrogens with zero attached hydrogens (tertiary/aromatic N) is 3. The largest absolute Gasteiger partial charge is 0.465 e. The highest BCUT2D eigenvalue weighted by atomic mass is 32.1. The van der Waals surface area contributed by atoms with Crippen molar-refractivity contribution in [2.45, 2.75) is 39.2 Å². The average Bonchev–Trinajstić information content (AvgIpc) is 3.37. The number of aliphatic imine (C=N–C) groups is 1. The molecule has 1 atom stereocenters. The molecule has 0 spiro atoms. The molecule has 26 heavy (non-hydrogen) atoms. The summed E-state index contributed by atoms with van der Waals surface area (Å²) < 4.78 is 5.92. The molecule has 6 nitrogen and oxygen atoms in total. The summed E-state index contributed by atoms with van der Waals surface area (Å²) in [6.45, 7) is 7.89. The van der Waals surface area contributed by atoms with Gasteiger partial charge in [-0.15, -0.1) is 11.3 Å². The maximum Gasteiger partial charge on any atom is 0.191 e. The Labute approximate surface area is 159 Å². The van der Waals surface area contributed by atoms with Crippen molar-refractivity contribution in [3.05, 3.63) is 39.7 Å². The van der Waals surface area contributed by atoms with Crippen LogP contribution in [-0.2, 0) is 6.42 Å². The monoisotopic (exact) mass is 375 g/mol. The van der Waals surface area contributed by atoms with Crippen molar-refractivity contribution >= 4 is 17.3 Å². The third-order valence-corrected chi connectivity index (χ3v) is 5.52. The van der Waals surface area contributed by atoms with Crippen LogP contribution in [0.2, 0.25) is 0 Å². The van der Waals surface area contributed by atoms with Gasteiger partial charge in [-0.05, 0) is 51.9 Å². The van der Waals surface area contributed by atoms with E-state index in [4.69, 9.17) is 4.42 Å². The Bertz CT molecular complexity index is 717. The van der Waals surface area contributed by atoms with Gasteiger partial charge in [-0.3, -0.25) is 9.89 Å². The minimum atomic E-state index is 0.242. The number of rotatable bonds is 7. The summed E-state index contributed by atoms with van der Waals surface area (Å²) in [4.78, 5) is 11.3. The highest BCUT2D eigenvalue weighted by Crippen LogP contribution is 2.26. The standard InChI is InChI=1S/C19H29N5OS/c1-14-6-7-18(25-14)17(24-10-4-5-11-24)12-22-19(20-3)21-9-8-16-13-26-15(2)23-16/h6-7,13,17H,4-5,8-12H2,1-3H3,(H2,20,21,22). The Balaban J connectivity index is 1.52. The Morgan fingerprint density at radius 2 is 2.12 bits per heavy atom. The molecule has 1 aliphatic heterocycles. The molecule has 7 heteroatoms. The van der Waals surface area contributed by atoms with Gasteiger partial charge < -0.3 is 15.1 Å². The zero-order chi connectivity index (χ0) is 18.4. The van der Waals surface area contributed by atoms with Crippen LogP contribution >= 0.6 is 11.3 Å². The molecule has 0 amide bonds. The summed E-state index contributed by atoms with van der Waals surface area (Å²) in [6.07, 6.45) is 3.42. The van der Waals surface area contributed by atoms with Crippen molar-refractivity contribution < 1.29 is 4.42 Å². The van der Waals surface area contributed by atoms with E-state index in [-0.39, 0.29) is 6.04 Å². The van der Waals surface area contributed by atoms with Crippen LogP contribution in [-0.4, -0.2) is 49.1 Å². The molecular weight excluding hydrogens is 346 g/mol. The molecule has 0 aliphatic carbocycles. The fourth-order valence-corrected chi connectivity index (χ4v) is 3.99. The normalized spacial score (nSPS) is 16.8. The third kappa shape index (κ3) is 5.08. The van der Waals surface area contributed by atoms with Gasteiger partial charge in [-0.2, -0.15) is 0 Å². The number of aryl methyl sites for hydroxylation is 2. The summed E-state index contributed by atoms with van der Waals surface area (Å²) in [5, 5.41) is 10.1. The van der Waals surface area contributed by atoms with Gasteiger partial charge in [-0.1, -0.05) is 0 Å². The second-order valence-electron chi connectivity index (χ2n) is 6.70. The molecule has 3 heterocycles. The van der Waals surface area contributed by atoms with E-state index in [2.05, 4.69) is 37.0 Å². The highest BCUT2D eigenvalue weighted by molar-refractivity contribution is 7.09. The second-order valence-corrected chi connectivity index (χ2v) is 7.76. The minimum absolute atomic E-state index is 0.242. The molecule has 142 valence electrons. The average molecular weight is 376 g/mol. The first-order valence-electron chi connectivity index (χ1n) is 9.31. The van der Waals surface area contributed by atoms with Crippen LogP contribution in [0.3, 0.4) is 0 Å². The van der Waals surface area contributed by atoms with Gasteiger partial charge in [0.05, 0.1) is 16.7 Å². The Kier molecular flexibility index (Phi) is 6.68. The van der Waals surface area contributed by atoms with E-state index in [1.807, 2.05) is 27.0 Å². The molecule has 1 fully saturated rings. The lowest BCUT2D eigenvalue weighted by molar-refractivity contribution is 0.213. The van der Waals surface area contributed by atoms with Crippen LogP contribution < -0.4 is 10.6 Å². The first-order chi connectivity index (χ1) is 12.7. The van der Waals surface area contributed by atoms with Gasteiger partial charge in [0.2, 0.25) is 0 Å². The smallest absolute Gasteiger partial charge is 0.191 e. The molecule has 0 saturated carbocycles. The van der Waals surface area contributed by atoms with E-state index in [0.29, 0.717) is 0 Å². The van der Waals surface area contributed by atoms with Crippen molar-refractivity contribution in [1.29, 1.82) is 0 Å². The number of aromatic nitrogens is 1. The number of thiazole rings is 1. The van der Waals surface area contributed by atoms with Gasteiger partial charge in [0.1, 0.15) is 11.5 Å². The number of guanidine groups is 1. The quantitative estimate of drug-likeness (QED) is 0.575. The third-order valence-electron chi connectivity index (χ3n) is 4.70. The molecule has 0 bridgehead atoms. The summed E-state index contributed by atoms with van der Waals surface area (Å²) >= 11 is 1.70. The van der Waals surface area contributed by atoms with E-state index in [0.717, 1.165) is 60.8 Å². The SMILES string of the molecule is CN=C(NCCc1csc(C)n1)NCC(c1ccc(C)o1)N1CCCC1. The van der Waals surface area contributed by atoms with Crippen LogP contribution in [0.25, 0.3) is 0 Å². The van der Waals surface area contributed by atoms with Crippen LogP contribution in [0.1, 0.15) is 41.1 Å². The summed E-state index contributed by atoms with van der Waals surface area (Å²) in [5.74, 6) is 2.82. The minimum Gasteiger partial charge on any atom is -0.465 e. The van der Waals surface area contributed by atoms with Crippen LogP contribution in [0.4, 0.5) is 0 Å². The fraction of sp³-hybridized carbons (Fsp3) is 0.579. The number of hydrogen-bond acceptors (Lipinski definition) is 5. The first kappa shape index (κ1) is 18.9. The van der Waals surface area contributed by atoms with E-state index < -0.39 is 0 Å². The summed E-state index contributed by atoms with van der Waals surface area (Å²) in [5.41, 5.74) is 1.14. The van der Waals surface area contributed by atoms with E-state index >= 15 is 0 Å². The summed E-state index contributed by atoms with van der Waals surface area (Å²) in [7, 11) is 1.81. The van der Waals surface area contributed by atoms with Gasteiger partial charge in [-0.25, -0.2) is 4.98 Å². The number of hydrogen-bond donors (Lipinski definition) is 2. The van der Waals surface area contributed by atoms with Crippen molar-refractivity contribution in [3.8, 4) is 0 Å². The Morgan fingerprint density at radius 1 is 1.31 bits per heavy atom. The fourth-order valence-electron chi connectivity index (χ4n) is 3.34. The molecule has 0 aromatic carbocycles. The van der Waals surface area contributed by atoms with Crippen molar-refractivity contribution in [2.75, 3.05) is 33.2 Å². The lowest BCUT2D eigenvalue weighted by atomic mass is 10.2. The van der Waals surface area contributed by atoms with Crippen molar-refractivity contribution in [2.24, 2.45) is 4.99 Å². The molecule has 2 aromatic rings. The van der Waals surface area contributed by atoms with E-state index in [1.165, 1.54) is 12.8 Å². The molecule has 2 N–H and O–H groups in total.